The van der Waals surface area contributed by atoms with Crippen molar-refractivity contribution in [2.24, 2.45) is 4.99 Å². The average molecular weight is 434 g/mol. The first-order chi connectivity index (χ1) is 15.2. The van der Waals surface area contributed by atoms with Gasteiger partial charge in [0.2, 0.25) is 5.91 Å². The number of fused-ring (bicyclic) bond motifs is 4. The maximum Gasteiger partial charge on any atom is 0.407 e. The molecule has 0 fully saturated rings. The highest BCUT2D eigenvalue weighted by Gasteiger charge is 2.36. The molecule has 0 atom stereocenters. The van der Waals surface area contributed by atoms with E-state index in [0.29, 0.717) is 36.6 Å². The van der Waals surface area contributed by atoms with Gasteiger partial charge in [0, 0.05) is 24.2 Å². The first-order valence-electron chi connectivity index (χ1n) is 10.6. The maximum absolute atomic E-state index is 12.7. The summed E-state index contributed by atoms with van der Waals surface area (Å²) in [5, 5.41) is 5.51. The van der Waals surface area contributed by atoms with Crippen molar-refractivity contribution in [1.82, 2.24) is 10.2 Å². The third-order valence-electron chi connectivity index (χ3n) is 5.07. The lowest BCUT2D eigenvalue weighted by molar-refractivity contribution is -0.116. The quantitative estimate of drug-likeness (QED) is 0.695. The van der Waals surface area contributed by atoms with Crippen molar-refractivity contribution in [3.8, 4) is 0 Å². The number of rotatable bonds is 5. The summed E-state index contributed by atoms with van der Waals surface area (Å²) in [5.41, 5.74) is 3.27. The fourth-order valence-corrected chi connectivity index (χ4v) is 3.68. The zero-order valence-corrected chi connectivity index (χ0v) is 18.4. The van der Waals surface area contributed by atoms with Gasteiger partial charge in [0.1, 0.15) is 11.4 Å². The van der Waals surface area contributed by atoms with Crippen molar-refractivity contribution in [2.75, 3.05) is 11.9 Å². The van der Waals surface area contributed by atoms with E-state index in [1.54, 1.807) is 31.7 Å². The molecule has 8 nitrogen and oxygen atoms in total. The van der Waals surface area contributed by atoms with Gasteiger partial charge in [0.15, 0.2) is 0 Å². The van der Waals surface area contributed by atoms with Crippen molar-refractivity contribution in [3.05, 3.63) is 59.2 Å². The fourth-order valence-electron chi connectivity index (χ4n) is 3.68. The molecule has 0 aliphatic carbocycles. The third-order valence-corrected chi connectivity index (χ3v) is 5.07. The number of nitrogens with zero attached hydrogens (tertiary/aromatic N) is 2. The topological polar surface area (TPSA) is 100 Å². The van der Waals surface area contributed by atoms with Gasteiger partial charge in [-0.1, -0.05) is 18.2 Å². The van der Waals surface area contributed by atoms with Gasteiger partial charge < -0.3 is 15.4 Å². The number of amides is 3. The van der Waals surface area contributed by atoms with Crippen molar-refractivity contribution < 1.29 is 19.1 Å². The van der Waals surface area contributed by atoms with Crippen LogP contribution in [0.25, 0.3) is 0 Å². The summed E-state index contributed by atoms with van der Waals surface area (Å²) in [6, 6.07) is 13.0. The van der Waals surface area contributed by atoms with Crippen LogP contribution in [0.3, 0.4) is 0 Å². The second kappa shape index (κ2) is 8.45. The number of hydrogen-bond donors (Lipinski definition) is 2. The zero-order valence-electron chi connectivity index (χ0n) is 18.4. The normalized spacial score (nSPS) is 14.2. The molecule has 166 valence electrons. The van der Waals surface area contributed by atoms with Gasteiger partial charge >= 0.3 is 6.09 Å². The number of amidine groups is 1. The lowest BCUT2D eigenvalue weighted by Gasteiger charge is -2.23. The second-order valence-corrected chi connectivity index (χ2v) is 8.80. The highest BCUT2D eigenvalue weighted by atomic mass is 16.6. The Hall–Kier alpha value is -3.68. The van der Waals surface area contributed by atoms with Crippen LogP contribution in [0.5, 0.6) is 0 Å². The molecule has 4 rings (SSSR count). The molecule has 32 heavy (non-hydrogen) atoms. The van der Waals surface area contributed by atoms with Crippen molar-refractivity contribution in [3.63, 3.8) is 0 Å². The molecule has 0 unspecified atom stereocenters. The minimum Gasteiger partial charge on any atom is -0.444 e. The van der Waals surface area contributed by atoms with E-state index in [9.17, 15) is 14.4 Å². The van der Waals surface area contributed by atoms with Crippen LogP contribution in [0.15, 0.2) is 47.5 Å². The number of hydrogen-bond acceptors (Lipinski definition) is 5. The van der Waals surface area contributed by atoms with Gasteiger partial charge in [-0.2, -0.15) is 0 Å². The lowest BCUT2D eigenvalue weighted by atomic mass is 10.1. The van der Waals surface area contributed by atoms with E-state index in [1.807, 2.05) is 36.4 Å². The van der Waals surface area contributed by atoms with E-state index in [4.69, 9.17) is 4.74 Å². The molecule has 3 amide bonds. The molecule has 2 aliphatic rings. The molecule has 2 aromatic carbocycles. The Morgan fingerprint density at radius 2 is 1.88 bits per heavy atom. The summed E-state index contributed by atoms with van der Waals surface area (Å²) in [6.07, 6.45) is 0.255. The van der Waals surface area contributed by atoms with Crippen LogP contribution in [-0.4, -0.2) is 40.8 Å². The second-order valence-electron chi connectivity index (χ2n) is 8.80. The molecule has 2 N–H and O–H groups in total. The Balaban J connectivity index is 1.33. The van der Waals surface area contributed by atoms with Crippen LogP contribution in [0.2, 0.25) is 0 Å². The minimum absolute atomic E-state index is 0.0584. The number of benzene rings is 2. The Morgan fingerprint density at radius 3 is 2.62 bits per heavy atom. The van der Waals surface area contributed by atoms with E-state index in [0.717, 1.165) is 16.8 Å². The molecule has 8 heteroatoms. The average Bonchev–Trinajstić information content (AvgIpc) is 3.00. The summed E-state index contributed by atoms with van der Waals surface area (Å²) in [4.78, 5) is 43.0. The molecule has 2 heterocycles. The number of alkyl carbamates (subject to hydrolysis) is 1. The van der Waals surface area contributed by atoms with Crippen molar-refractivity contribution in [2.45, 2.75) is 45.8 Å². The van der Waals surface area contributed by atoms with Gasteiger partial charge in [-0.15, -0.1) is 0 Å². The minimum atomic E-state index is -0.554. The van der Waals surface area contributed by atoms with Gasteiger partial charge in [-0.05, 0) is 57.0 Å². The van der Waals surface area contributed by atoms with Crippen molar-refractivity contribution in [1.29, 1.82) is 0 Å². The van der Waals surface area contributed by atoms with E-state index < -0.39 is 11.7 Å². The highest BCUT2D eigenvalue weighted by Crippen LogP contribution is 2.35. The predicted octanol–water partition coefficient (Wildman–Crippen LogP) is 3.98. The number of ether oxygens (including phenoxy) is 1. The SMILES string of the molecule is CC(C)(C)OC(=O)NCCCC(=O)Nc1ccc2c(c1)CN1C(=O)c3ccccc3C1=N2. The first kappa shape index (κ1) is 21.5. The number of aliphatic imine (C=N–C) groups is 1. The Morgan fingerprint density at radius 1 is 1.12 bits per heavy atom. The summed E-state index contributed by atoms with van der Waals surface area (Å²) >= 11 is 0. The van der Waals surface area contributed by atoms with Crippen LogP contribution in [0.4, 0.5) is 16.2 Å². The van der Waals surface area contributed by atoms with Gasteiger partial charge in [-0.3, -0.25) is 14.5 Å². The summed E-state index contributed by atoms with van der Waals surface area (Å²) < 4.78 is 5.16. The Bertz CT molecular complexity index is 1120. The van der Waals surface area contributed by atoms with Gasteiger partial charge in [-0.25, -0.2) is 9.79 Å². The van der Waals surface area contributed by atoms with Gasteiger partial charge in [0.25, 0.3) is 5.91 Å². The van der Waals surface area contributed by atoms with E-state index in [2.05, 4.69) is 15.6 Å². The molecule has 0 aromatic heterocycles. The Labute approximate surface area is 186 Å². The molecule has 2 aromatic rings. The summed E-state index contributed by atoms with van der Waals surface area (Å²) in [6.45, 7) is 6.14. The highest BCUT2D eigenvalue weighted by molar-refractivity contribution is 6.24. The van der Waals surface area contributed by atoms with Crippen LogP contribution in [0.1, 0.15) is 55.1 Å². The number of anilines is 1. The molecular weight excluding hydrogens is 408 g/mol. The fraction of sp³-hybridized carbons (Fsp3) is 0.333. The maximum atomic E-state index is 12.7. The number of nitrogens with one attached hydrogen (secondary N) is 2. The molecule has 0 spiro atoms. The molecule has 0 radical (unpaired) electrons. The van der Waals surface area contributed by atoms with E-state index in [-0.39, 0.29) is 18.2 Å². The number of carbonyl (C=O) groups is 3. The van der Waals surface area contributed by atoms with Crippen molar-refractivity contribution >= 4 is 35.1 Å². The van der Waals surface area contributed by atoms with Crippen LogP contribution in [0, 0.1) is 0 Å². The van der Waals surface area contributed by atoms with Gasteiger partial charge in [0.05, 0.1) is 17.8 Å². The predicted molar refractivity (Wildman–Crippen MR) is 121 cm³/mol. The standard InChI is InChI=1S/C24H26N4O4/c1-24(2,3)32-23(31)25-12-6-9-20(29)26-16-10-11-19-15(13-16)14-28-21(27-19)17-7-4-5-8-18(17)22(28)30/h4-5,7-8,10-11,13H,6,9,12,14H2,1-3H3,(H,25,31)(H,26,29). The van der Waals surface area contributed by atoms with Crippen LogP contribution >= 0.6 is 0 Å². The smallest absolute Gasteiger partial charge is 0.407 e. The Kier molecular flexibility index (Phi) is 5.69. The largest absolute Gasteiger partial charge is 0.444 e. The number of carbonyl (C=O) groups excluding carboxylic acids is 3. The summed E-state index contributed by atoms with van der Waals surface area (Å²) in [7, 11) is 0. The van der Waals surface area contributed by atoms with Crippen LogP contribution in [-0.2, 0) is 16.1 Å². The molecular formula is C24H26N4O4. The monoisotopic (exact) mass is 434 g/mol. The first-order valence-corrected chi connectivity index (χ1v) is 10.6. The lowest BCUT2D eigenvalue weighted by Crippen LogP contribution is -2.33. The molecule has 0 saturated carbocycles. The molecule has 2 aliphatic heterocycles. The van der Waals surface area contributed by atoms with E-state index >= 15 is 0 Å². The van der Waals surface area contributed by atoms with Crippen LogP contribution < -0.4 is 10.6 Å². The van der Waals surface area contributed by atoms with E-state index in [1.165, 1.54) is 0 Å². The third kappa shape index (κ3) is 4.64. The molecule has 0 saturated heterocycles. The molecule has 0 bridgehead atoms. The summed E-state index contributed by atoms with van der Waals surface area (Å²) in [5.74, 6) is 0.463. The zero-order chi connectivity index (χ0) is 22.9.